The van der Waals surface area contributed by atoms with E-state index in [1.165, 1.54) is 24.6 Å². The van der Waals surface area contributed by atoms with Gasteiger partial charge in [0.25, 0.3) is 0 Å². The van der Waals surface area contributed by atoms with E-state index in [0.29, 0.717) is 5.69 Å². The Bertz CT molecular complexity index is 498. The van der Waals surface area contributed by atoms with E-state index in [0.717, 1.165) is 31.8 Å². The lowest BCUT2D eigenvalue weighted by Crippen LogP contribution is -2.46. The van der Waals surface area contributed by atoms with Crippen LogP contribution in [0.5, 0.6) is 0 Å². The Kier molecular flexibility index (Phi) is 5.17. The molecular weight excluding hydrogens is 269 g/mol. The van der Waals surface area contributed by atoms with Crippen LogP contribution in [0.1, 0.15) is 33.1 Å². The number of carbonyl (C=O) groups is 1. The molecule has 0 aromatic heterocycles. The second-order valence-corrected chi connectivity index (χ2v) is 5.79. The van der Waals surface area contributed by atoms with Crippen LogP contribution in [0, 0.1) is 11.7 Å². The molecule has 1 aliphatic heterocycles. The molecule has 0 spiro atoms. The van der Waals surface area contributed by atoms with Gasteiger partial charge in [-0.05, 0) is 57.0 Å². The van der Waals surface area contributed by atoms with Crippen molar-refractivity contribution in [3.05, 3.63) is 24.0 Å². The summed E-state index contributed by atoms with van der Waals surface area (Å²) in [5, 5.41) is 2.80. The van der Waals surface area contributed by atoms with E-state index in [-0.39, 0.29) is 17.6 Å². The van der Waals surface area contributed by atoms with E-state index in [4.69, 9.17) is 5.73 Å². The number of halogens is 1. The average Bonchev–Trinajstić information content (AvgIpc) is 2.50. The van der Waals surface area contributed by atoms with Crippen LogP contribution >= 0.6 is 0 Å². The first-order valence-electron chi connectivity index (χ1n) is 7.61. The summed E-state index contributed by atoms with van der Waals surface area (Å²) >= 11 is 0. The number of nitrogens with one attached hydrogen (secondary N) is 1. The van der Waals surface area contributed by atoms with Gasteiger partial charge in [0.15, 0.2) is 0 Å². The minimum atomic E-state index is -0.470. The molecule has 1 unspecified atom stereocenters. The second-order valence-electron chi connectivity index (χ2n) is 5.79. The third-order valence-electron chi connectivity index (χ3n) is 4.42. The van der Waals surface area contributed by atoms with Gasteiger partial charge >= 0.3 is 0 Å². The fourth-order valence-corrected chi connectivity index (χ4v) is 2.78. The van der Waals surface area contributed by atoms with Crippen LogP contribution in [0.25, 0.3) is 0 Å². The number of hydrogen-bond donors (Lipinski definition) is 2. The first-order valence-corrected chi connectivity index (χ1v) is 7.61. The maximum atomic E-state index is 13.1. The maximum Gasteiger partial charge on any atom is 0.241 e. The van der Waals surface area contributed by atoms with Crippen molar-refractivity contribution < 1.29 is 9.18 Å². The van der Waals surface area contributed by atoms with Gasteiger partial charge in [-0.2, -0.15) is 0 Å². The molecule has 116 valence electrons. The number of carbonyl (C=O) groups excluding carboxylic acids is 1. The molecule has 5 heteroatoms. The van der Waals surface area contributed by atoms with Gasteiger partial charge < -0.3 is 11.1 Å². The number of likely N-dealkylation sites (tertiary alicyclic amines) is 1. The highest BCUT2D eigenvalue weighted by Gasteiger charge is 2.25. The van der Waals surface area contributed by atoms with Gasteiger partial charge in [0.05, 0.1) is 11.7 Å². The normalized spacial score (nSPS) is 18.4. The van der Waals surface area contributed by atoms with Crippen molar-refractivity contribution >= 4 is 17.3 Å². The molecule has 1 atom stereocenters. The number of rotatable bonds is 4. The van der Waals surface area contributed by atoms with Crippen molar-refractivity contribution in [2.45, 2.75) is 39.2 Å². The second kappa shape index (κ2) is 6.89. The Morgan fingerprint density at radius 3 is 2.71 bits per heavy atom. The van der Waals surface area contributed by atoms with Crippen molar-refractivity contribution in [1.29, 1.82) is 0 Å². The van der Waals surface area contributed by atoms with Gasteiger partial charge in [0.2, 0.25) is 5.91 Å². The third kappa shape index (κ3) is 3.94. The number of amides is 1. The van der Waals surface area contributed by atoms with E-state index >= 15 is 0 Å². The Hall–Kier alpha value is -1.62. The number of nitrogen functional groups attached to an aromatic ring is 1. The topological polar surface area (TPSA) is 58.4 Å². The third-order valence-corrected chi connectivity index (χ3v) is 4.42. The Morgan fingerprint density at radius 2 is 2.14 bits per heavy atom. The Balaban J connectivity index is 1.92. The minimum absolute atomic E-state index is 0.0456. The number of benzene rings is 1. The van der Waals surface area contributed by atoms with Crippen molar-refractivity contribution in [2.75, 3.05) is 24.1 Å². The predicted octanol–water partition coefficient (Wildman–Crippen LogP) is 2.86. The highest BCUT2D eigenvalue weighted by Crippen LogP contribution is 2.22. The molecule has 0 saturated carbocycles. The Morgan fingerprint density at radius 1 is 1.48 bits per heavy atom. The van der Waals surface area contributed by atoms with E-state index < -0.39 is 5.82 Å². The first-order chi connectivity index (χ1) is 10.0. The van der Waals surface area contributed by atoms with Crippen molar-refractivity contribution in [2.24, 2.45) is 5.92 Å². The van der Waals surface area contributed by atoms with E-state index in [1.807, 2.05) is 6.92 Å². The van der Waals surface area contributed by atoms with Crippen LogP contribution in [-0.2, 0) is 4.79 Å². The fraction of sp³-hybridized carbons (Fsp3) is 0.562. The first kappa shape index (κ1) is 15.8. The molecule has 3 N–H and O–H groups in total. The molecule has 2 rings (SSSR count). The number of anilines is 2. The molecule has 0 radical (unpaired) electrons. The monoisotopic (exact) mass is 293 g/mol. The highest BCUT2D eigenvalue weighted by atomic mass is 19.1. The SMILES string of the molecule is CCC1CCN(C(C)C(=O)Nc2ccc(F)c(N)c2)CC1. The van der Waals surface area contributed by atoms with Crippen molar-refractivity contribution in [3.8, 4) is 0 Å². The van der Waals surface area contributed by atoms with E-state index in [2.05, 4.69) is 17.1 Å². The van der Waals surface area contributed by atoms with Crippen LogP contribution in [0.15, 0.2) is 18.2 Å². The van der Waals surface area contributed by atoms with Crippen LogP contribution in [-0.4, -0.2) is 29.9 Å². The molecule has 1 heterocycles. The summed E-state index contributed by atoms with van der Waals surface area (Å²) in [5.41, 5.74) is 6.09. The molecular formula is C16H24FN3O. The fourth-order valence-electron chi connectivity index (χ4n) is 2.78. The van der Waals surface area contributed by atoms with Gasteiger partial charge in [-0.3, -0.25) is 9.69 Å². The highest BCUT2D eigenvalue weighted by molar-refractivity contribution is 5.94. The summed E-state index contributed by atoms with van der Waals surface area (Å²) in [4.78, 5) is 14.5. The van der Waals surface area contributed by atoms with Crippen molar-refractivity contribution in [1.82, 2.24) is 4.90 Å². The summed E-state index contributed by atoms with van der Waals surface area (Å²) in [7, 11) is 0. The number of piperidine rings is 1. The zero-order valence-corrected chi connectivity index (χ0v) is 12.7. The molecule has 1 fully saturated rings. The minimum Gasteiger partial charge on any atom is -0.396 e. The number of hydrogen-bond acceptors (Lipinski definition) is 3. The number of nitrogens with two attached hydrogens (primary N) is 1. The van der Waals surface area contributed by atoms with Crippen LogP contribution in [0.4, 0.5) is 15.8 Å². The summed E-state index contributed by atoms with van der Waals surface area (Å²) < 4.78 is 13.1. The lowest BCUT2D eigenvalue weighted by Gasteiger charge is -2.35. The molecule has 4 nitrogen and oxygen atoms in total. The van der Waals surface area contributed by atoms with Gasteiger partial charge in [0.1, 0.15) is 5.82 Å². The maximum absolute atomic E-state index is 13.1. The van der Waals surface area contributed by atoms with E-state index in [1.54, 1.807) is 0 Å². The predicted molar refractivity (Wildman–Crippen MR) is 83.5 cm³/mol. The quantitative estimate of drug-likeness (QED) is 0.839. The molecule has 0 aliphatic carbocycles. The summed E-state index contributed by atoms with van der Waals surface area (Å²) in [6.07, 6.45) is 3.51. The Labute approximate surface area is 125 Å². The largest absolute Gasteiger partial charge is 0.396 e. The van der Waals surface area contributed by atoms with Crippen LogP contribution < -0.4 is 11.1 Å². The standard InChI is InChI=1S/C16H24FN3O/c1-3-12-6-8-20(9-7-12)11(2)16(21)19-13-4-5-14(17)15(18)10-13/h4-5,10-12H,3,6-9,18H2,1-2H3,(H,19,21). The zero-order chi connectivity index (χ0) is 15.4. The lowest BCUT2D eigenvalue weighted by atomic mass is 9.93. The van der Waals surface area contributed by atoms with Gasteiger partial charge in [-0.25, -0.2) is 4.39 Å². The number of nitrogens with zero attached hydrogens (tertiary/aromatic N) is 1. The molecule has 1 aromatic rings. The smallest absolute Gasteiger partial charge is 0.241 e. The molecule has 21 heavy (non-hydrogen) atoms. The van der Waals surface area contributed by atoms with Gasteiger partial charge in [-0.15, -0.1) is 0 Å². The van der Waals surface area contributed by atoms with Crippen molar-refractivity contribution in [3.63, 3.8) is 0 Å². The summed E-state index contributed by atoms with van der Waals surface area (Å²) in [5.74, 6) is 0.243. The molecule has 1 amide bonds. The van der Waals surface area contributed by atoms with E-state index in [9.17, 15) is 9.18 Å². The summed E-state index contributed by atoms with van der Waals surface area (Å²) in [6, 6.07) is 4.06. The van der Waals surface area contributed by atoms with Gasteiger partial charge in [-0.1, -0.05) is 13.3 Å². The summed E-state index contributed by atoms with van der Waals surface area (Å²) in [6.45, 7) is 6.04. The molecule has 1 aliphatic rings. The average molecular weight is 293 g/mol. The molecule has 0 bridgehead atoms. The molecule has 1 aromatic carbocycles. The van der Waals surface area contributed by atoms with Crippen LogP contribution in [0.3, 0.4) is 0 Å². The van der Waals surface area contributed by atoms with Gasteiger partial charge in [0, 0.05) is 5.69 Å². The van der Waals surface area contributed by atoms with Crippen LogP contribution in [0.2, 0.25) is 0 Å². The zero-order valence-electron chi connectivity index (χ0n) is 12.7. The molecule has 1 saturated heterocycles. The lowest BCUT2D eigenvalue weighted by molar-refractivity contribution is -0.121.